The fraction of sp³-hybridized carbons (Fsp3) is 0.333. The lowest BCUT2D eigenvalue weighted by atomic mass is 9.80. The maximum atomic E-state index is 12.3. The molecule has 0 saturated carbocycles. The molecule has 7 heteroatoms. The van der Waals surface area contributed by atoms with Crippen LogP contribution in [0.3, 0.4) is 0 Å². The highest BCUT2D eigenvalue weighted by Gasteiger charge is 2.34. The number of hydrogen-bond donors (Lipinski definition) is 1. The summed E-state index contributed by atoms with van der Waals surface area (Å²) in [5.74, 6) is 1.16. The lowest BCUT2D eigenvalue weighted by Gasteiger charge is -2.30. The van der Waals surface area contributed by atoms with E-state index in [4.69, 9.17) is 18.9 Å². The fourth-order valence-electron chi connectivity index (χ4n) is 3.82. The minimum atomic E-state index is -1.51. The van der Waals surface area contributed by atoms with Gasteiger partial charge < -0.3 is 24.1 Å². The third kappa shape index (κ3) is 7.11. The SMILES string of the molecule is CCC(C)OC(=O)CCC(=O)COc1cccc(C(O)(c2ccc(OC)cc2)c2ccc(OC)cc2)c1. The Morgan fingerprint density at radius 2 is 1.38 bits per heavy atom. The number of Topliss-reactive ketones (excluding diaryl/α,β-unsaturated/α-hetero) is 1. The Morgan fingerprint density at radius 1 is 0.811 bits per heavy atom. The number of esters is 1. The zero-order valence-electron chi connectivity index (χ0n) is 21.7. The normalized spacial score (nSPS) is 11.9. The van der Waals surface area contributed by atoms with E-state index < -0.39 is 11.6 Å². The van der Waals surface area contributed by atoms with E-state index in [-0.39, 0.29) is 31.3 Å². The predicted octanol–water partition coefficient (Wildman–Crippen LogP) is 5.06. The van der Waals surface area contributed by atoms with E-state index in [0.717, 1.165) is 6.42 Å². The molecule has 0 heterocycles. The van der Waals surface area contributed by atoms with Crippen molar-refractivity contribution in [2.24, 2.45) is 0 Å². The summed E-state index contributed by atoms with van der Waals surface area (Å²) >= 11 is 0. The summed E-state index contributed by atoms with van der Waals surface area (Å²) in [6, 6.07) is 21.4. The molecule has 3 aromatic rings. The zero-order chi connectivity index (χ0) is 26.8. The number of ether oxygens (including phenoxy) is 4. The minimum Gasteiger partial charge on any atom is -0.497 e. The molecule has 0 saturated heterocycles. The van der Waals surface area contributed by atoms with Gasteiger partial charge in [-0.1, -0.05) is 43.3 Å². The molecule has 0 radical (unpaired) electrons. The van der Waals surface area contributed by atoms with Crippen molar-refractivity contribution < 1.29 is 33.6 Å². The number of carbonyl (C=O) groups is 2. The van der Waals surface area contributed by atoms with E-state index in [2.05, 4.69) is 0 Å². The lowest BCUT2D eigenvalue weighted by Crippen LogP contribution is -2.29. The van der Waals surface area contributed by atoms with Gasteiger partial charge in [0.2, 0.25) is 0 Å². The Kier molecular flexibility index (Phi) is 9.69. The van der Waals surface area contributed by atoms with E-state index >= 15 is 0 Å². The number of ketones is 1. The molecule has 3 rings (SSSR count). The maximum Gasteiger partial charge on any atom is 0.306 e. The average Bonchev–Trinajstić information content (AvgIpc) is 2.94. The van der Waals surface area contributed by atoms with Gasteiger partial charge in [0.1, 0.15) is 29.5 Å². The van der Waals surface area contributed by atoms with E-state index in [1.807, 2.05) is 13.8 Å². The molecule has 0 amide bonds. The molecule has 0 aliphatic rings. The highest BCUT2D eigenvalue weighted by atomic mass is 16.5. The smallest absolute Gasteiger partial charge is 0.306 e. The topological polar surface area (TPSA) is 91.3 Å². The van der Waals surface area contributed by atoms with Crippen molar-refractivity contribution >= 4 is 11.8 Å². The van der Waals surface area contributed by atoms with Crippen molar-refractivity contribution in [2.45, 2.75) is 44.8 Å². The van der Waals surface area contributed by atoms with Crippen molar-refractivity contribution in [3.05, 3.63) is 89.5 Å². The van der Waals surface area contributed by atoms with Crippen LogP contribution in [0.15, 0.2) is 72.8 Å². The summed E-state index contributed by atoms with van der Waals surface area (Å²) in [5.41, 5.74) is 0.310. The monoisotopic (exact) mass is 506 g/mol. The van der Waals surface area contributed by atoms with Crippen LogP contribution in [0, 0.1) is 0 Å². The first kappa shape index (κ1) is 27.7. The van der Waals surface area contributed by atoms with Gasteiger partial charge in [-0.05, 0) is 66.4 Å². The molecule has 196 valence electrons. The maximum absolute atomic E-state index is 12.3. The molecule has 0 spiro atoms. The van der Waals surface area contributed by atoms with E-state index in [0.29, 0.717) is 33.9 Å². The summed E-state index contributed by atoms with van der Waals surface area (Å²) in [6.45, 7) is 3.55. The van der Waals surface area contributed by atoms with Gasteiger partial charge in [0.25, 0.3) is 0 Å². The molecule has 0 aliphatic heterocycles. The molecular weight excluding hydrogens is 472 g/mol. The summed E-state index contributed by atoms with van der Waals surface area (Å²) in [5, 5.41) is 12.1. The summed E-state index contributed by atoms with van der Waals surface area (Å²) < 4.78 is 21.5. The van der Waals surface area contributed by atoms with Crippen molar-refractivity contribution in [1.82, 2.24) is 0 Å². The minimum absolute atomic E-state index is 0.0151. The quantitative estimate of drug-likeness (QED) is 0.256. The summed E-state index contributed by atoms with van der Waals surface area (Å²) in [4.78, 5) is 24.2. The first-order valence-electron chi connectivity index (χ1n) is 12.3. The van der Waals surface area contributed by atoms with Crippen molar-refractivity contribution in [3.8, 4) is 17.2 Å². The molecule has 1 unspecified atom stereocenters. The number of rotatable bonds is 13. The second-order valence-electron chi connectivity index (χ2n) is 8.73. The highest BCUT2D eigenvalue weighted by Crippen LogP contribution is 2.39. The second kappa shape index (κ2) is 12.9. The first-order chi connectivity index (χ1) is 17.8. The van der Waals surface area contributed by atoms with E-state index in [1.165, 1.54) is 0 Å². The Hall–Kier alpha value is -3.84. The fourth-order valence-corrected chi connectivity index (χ4v) is 3.82. The zero-order valence-corrected chi connectivity index (χ0v) is 21.7. The Balaban J connectivity index is 1.80. The van der Waals surface area contributed by atoms with Gasteiger partial charge in [-0.25, -0.2) is 0 Å². The van der Waals surface area contributed by atoms with Crippen molar-refractivity contribution in [1.29, 1.82) is 0 Å². The van der Waals surface area contributed by atoms with Crippen LogP contribution in [0.4, 0.5) is 0 Å². The predicted molar refractivity (Wildman–Crippen MR) is 140 cm³/mol. The van der Waals surface area contributed by atoms with Crippen LogP contribution in [0.5, 0.6) is 17.2 Å². The van der Waals surface area contributed by atoms with Crippen LogP contribution in [-0.4, -0.2) is 43.8 Å². The highest BCUT2D eigenvalue weighted by molar-refractivity contribution is 5.84. The van der Waals surface area contributed by atoms with Crippen LogP contribution in [0.1, 0.15) is 49.8 Å². The molecule has 1 N–H and O–H groups in total. The van der Waals surface area contributed by atoms with Crippen LogP contribution < -0.4 is 14.2 Å². The van der Waals surface area contributed by atoms with Crippen LogP contribution >= 0.6 is 0 Å². The van der Waals surface area contributed by atoms with Gasteiger partial charge in [0, 0.05) is 6.42 Å². The van der Waals surface area contributed by atoms with Crippen LogP contribution in [0.2, 0.25) is 0 Å². The largest absolute Gasteiger partial charge is 0.497 e. The van der Waals surface area contributed by atoms with Gasteiger partial charge in [-0.3, -0.25) is 9.59 Å². The number of aliphatic hydroxyl groups is 1. The van der Waals surface area contributed by atoms with Gasteiger partial charge >= 0.3 is 5.97 Å². The number of hydrogen-bond acceptors (Lipinski definition) is 7. The van der Waals surface area contributed by atoms with E-state index in [1.54, 1.807) is 87.0 Å². The Labute approximate surface area is 217 Å². The average molecular weight is 507 g/mol. The number of benzene rings is 3. The van der Waals surface area contributed by atoms with Crippen LogP contribution in [0.25, 0.3) is 0 Å². The van der Waals surface area contributed by atoms with Gasteiger partial charge in [0.05, 0.1) is 26.7 Å². The summed E-state index contributed by atoms with van der Waals surface area (Å²) in [6.07, 6.45) is 0.605. The van der Waals surface area contributed by atoms with Gasteiger partial charge in [-0.15, -0.1) is 0 Å². The second-order valence-corrected chi connectivity index (χ2v) is 8.73. The molecular formula is C30H34O7. The molecule has 0 bridgehead atoms. The molecule has 0 fully saturated rings. The third-order valence-corrected chi connectivity index (χ3v) is 6.18. The molecule has 0 aromatic heterocycles. The van der Waals surface area contributed by atoms with Gasteiger partial charge in [-0.2, -0.15) is 0 Å². The third-order valence-electron chi connectivity index (χ3n) is 6.18. The summed E-state index contributed by atoms with van der Waals surface area (Å²) in [7, 11) is 3.17. The standard InChI is InChI=1S/C30H34O7/c1-5-21(2)37-29(32)18-13-25(31)20-36-28-8-6-7-24(19-28)30(33,22-9-14-26(34-3)15-10-22)23-11-16-27(35-4)17-12-23/h6-12,14-17,19,21,33H,5,13,18,20H2,1-4H3. The van der Waals surface area contributed by atoms with E-state index in [9.17, 15) is 14.7 Å². The molecule has 3 aromatic carbocycles. The Bertz CT molecular complexity index is 1120. The molecule has 37 heavy (non-hydrogen) atoms. The molecule has 7 nitrogen and oxygen atoms in total. The Morgan fingerprint density at radius 3 is 1.89 bits per heavy atom. The van der Waals surface area contributed by atoms with Crippen molar-refractivity contribution in [3.63, 3.8) is 0 Å². The number of carbonyl (C=O) groups excluding carboxylic acids is 2. The molecule has 1 atom stereocenters. The van der Waals surface area contributed by atoms with Crippen molar-refractivity contribution in [2.75, 3.05) is 20.8 Å². The van der Waals surface area contributed by atoms with Gasteiger partial charge in [0.15, 0.2) is 5.78 Å². The number of methoxy groups -OCH3 is 2. The molecule has 0 aliphatic carbocycles. The first-order valence-corrected chi connectivity index (χ1v) is 12.3. The van der Waals surface area contributed by atoms with Crippen LogP contribution in [-0.2, 0) is 19.9 Å². The lowest BCUT2D eigenvalue weighted by molar-refractivity contribution is -0.149.